The Balaban J connectivity index is 1.62. The molecule has 4 rings (SSSR count). The molecule has 7 nitrogen and oxygen atoms in total. The Morgan fingerprint density at radius 2 is 1.94 bits per heavy atom. The summed E-state index contributed by atoms with van der Waals surface area (Å²) < 4.78 is 19.5. The highest BCUT2D eigenvalue weighted by Gasteiger charge is 2.21. The Bertz CT molecular complexity index is 1310. The molecule has 0 saturated carbocycles. The van der Waals surface area contributed by atoms with Crippen molar-refractivity contribution in [3.63, 3.8) is 0 Å². The fraction of sp³-hybridized carbons (Fsp3) is 0.182. The van der Waals surface area contributed by atoms with Gasteiger partial charge in [-0.1, -0.05) is 12.1 Å². The smallest absolute Gasteiger partial charge is 0.388 e. The standard InChI is InChI=1S/C22H19FN4O3S/c1-13-5-4-6-19(14(13)2)27(15(3)28)21-24-18(12-31-21)11-26-22(29)30-20(25-26)16-7-9-17(23)10-8-16/h4-10,12H,11H2,1-3H3. The second-order valence-corrected chi connectivity index (χ2v) is 7.87. The number of carbonyl (C=O) groups excluding carboxylic acids is 1. The van der Waals surface area contributed by atoms with E-state index in [0.717, 1.165) is 21.5 Å². The number of hydrogen-bond acceptors (Lipinski definition) is 6. The summed E-state index contributed by atoms with van der Waals surface area (Å²) in [6.45, 7) is 5.51. The normalized spacial score (nSPS) is 11.0. The molecule has 0 aliphatic carbocycles. The number of rotatable bonds is 5. The van der Waals surface area contributed by atoms with Crippen LogP contribution in [0.25, 0.3) is 11.5 Å². The van der Waals surface area contributed by atoms with Crippen LogP contribution in [0.1, 0.15) is 23.7 Å². The summed E-state index contributed by atoms with van der Waals surface area (Å²) in [6.07, 6.45) is 0. The minimum atomic E-state index is -0.646. The first-order chi connectivity index (χ1) is 14.8. The Kier molecular flexibility index (Phi) is 5.51. The van der Waals surface area contributed by atoms with Gasteiger partial charge >= 0.3 is 5.76 Å². The van der Waals surface area contributed by atoms with Gasteiger partial charge in [-0.2, -0.15) is 4.68 Å². The van der Waals surface area contributed by atoms with E-state index in [1.54, 1.807) is 10.3 Å². The molecular formula is C22H19FN4O3S. The number of hydrogen-bond donors (Lipinski definition) is 0. The number of anilines is 2. The van der Waals surface area contributed by atoms with E-state index in [1.165, 1.54) is 42.5 Å². The number of halogens is 1. The van der Waals surface area contributed by atoms with Gasteiger partial charge in [0.15, 0.2) is 5.13 Å². The molecule has 2 aromatic carbocycles. The molecule has 0 radical (unpaired) electrons. The molecule has 31 heavy (non-hydrogen) atoms. The maximum Gasteiger partial charge on any atom is 0.437 e. The average Bonchev–Trinajstić information content (AvgIpc) is 3.33. The van der Waals surface area contributed by atoms with Crippen LogP contribution in [0.4, 0.5) is 15.2 Å². The maximum absolute atomic E-state index is 13.1. The van der Waals surface area contributed by atoms with Crippen molar-refractivity contribution in [3.8, 4) is 11.5 Å². The van der Waals surface area contributed by atoms with Crippen molar-refractivity contribution < 1.29 is 13.6 Å². The number of benzene rings is 2. The lowest BCUT2D eigenvalue weighted by Gasteiger charge is -2.21. The van der Waals surface area contributed by atoms with Crippen molar-refractivity contribution in [1.82, 2.24) is 14.8 Å². The third-order valence-corrected chi connectivity index (χ3v) is 5.75. The maximum atomic E-state index is 13.1. The summed E-state index contributed by atoms with van der Waals surface area (Å²) >= 11 is 1.30. The molecule has 0 N–H and O–H groups in total. The van der Waals surface area contributed by atoms with Crippen molar-refractivity contribution in [2.45, 2.75) is 27.3 Å². The zero-order valence-corrected chi connectivity index (χ0v) is 17.9. The topological polar surface area (TPSA) is 81.2 Å². The number of aromatic nitrogens is 3. The Labute approximate surface area is 181 Å². The monoisotopic (exact) mass is 438 g/mol. The average molecular weight is 438 g/mol. The van der Waals surface area contributed by atoms with E-state index in [1.807, 2.05) is 32.0 Å². The van der Waals surface area contributed by atoms with Gasteiger partial charge in [0.1, 0.15) is 5.82 Å². The number of aryl methyl sites for hydroxylation is 1. The van der Waals surface area contributed by atoms with E-state index >= 15 is 0 Å². The van der Waals surface area contributed by atoms with Crippen molar-refractivity contribution in [2.24, 2.45) is 0 Å². The minimum absolute atomic E-state index is 0.0819. The van der Waals surface area contributed by atoms with Crippen LogP contribution in [0.5, 0.6) is 0 Å². The van der Waals surface area contributed by atoms with Crippen LogP contribution in [0.3, 0.4) is 0 Å². The molecule has 0 fully saturated rings. The molecule has 158 valence electrons. The summed E-state index contributed by atoms with van der Waals surface area (Å²) in [4.78, 5) is 30.7. The molecule has 9 heteroatoms. The fourth-order valence-corrected chi connectivity index (χ4v) is 4.00. The predicted molar refractivity (Wildman–Crippen MR) is 116 cm³/mol. The van der Waals surface area contributed by atoms with Gasteiger partial charge in [0, 0.05) is 17.9 Å². The molecular weight excluding hydrogens is 419 g/mol. The summed E-state index contributed by atoms with van der Waals surface area (Å²) in [7, 11) is 0. The zero-order valence-electron chi connectivity index (χ0n) is 17.1. The van der Waals surface area contributed by atoms with Crippen molar-refractivity contribution >= 4 is 28.1 Å². The molecule has 0 atom stereocenters. The molecule has 1 amide bonds. The largest absolute Gasteiger partial charge is 0.437 e. The first-order valence-corrected chi connectivity index (χ1v) is 10.4. The lowest BCUT2D eigenvalue weighted by Crippen LogP contribution is -2.24. The van der Waals surface area contributed by atoms with E-state index in [4.69, 9.17) is 4.42 Å². The molecule has 0 aliphatic heterocycles. The van der Waals surface area contributed by atoms with E-state index in [9.17, 15) is 14.0 Å². The first kappa shape index (κ1) is 20.7. The van der Waals surface area contributed by atoms with E-state index in [2.05, 4.69) is 10.1 Å². The lowest BCUT2D eigenvalue weighted by molar-refractivity contribution is -0.115. The van der Waals surface area contributed by atoms with Crippen LogP contribution >= 0.6 is 11.3 Å². The van der Waals surface area contributed by atoms with Gasteiger partial charge in [0.05, 0.1) is 17.9 Å². The third-order valence-electron chi connectivity index (χ3n) is 4.87. The Morgan fingerprint density at radius 3 is 2.65 bits per heavy atom. The minimum Gasteiger partial charge on any atom is -0.388 e. The van der Waals surface area contributed by atoms with Crippen molar-refractivity contribution in [2.75, 3.05) is 4.90 Å². The van der Waals surface area contributed by atoms with Gasteiger partial charge in [-0.25, -0.2) is 14.2 Å². The van der Waals surface area contributed by atoms with Gasteiger partial charge < -0.3 is 4.42 Å². The second kappa shape index (κ2) is 8.27. The second-order valence-electron chi connectivity index (χ2n) is 7.03. The number of amides is 1. The molecule has 2 heterocycles. The van der Waals surface area contributed by atoms with Crippen molar-refractivity contribution in [3.05, 3.63) is 81.0 Å². The van der Waals surface area contributed by atoms with Crippen molar-refractivity contribution in [1.29, 1.82) is 0 Å². The molecule has 0 bridgehead atoms. The van der Waals surface area contributed by atoms with Gasteiger partial charge in [-0.3, -0.25) is 9.69 Å². The predicted octanol–water partition coefficient (Wildman–Crippen LogP) is 4.45. The van der Waals surface area contributed by atoms with E-state index in [0.29, 0.717) is 16.4 Å². The van der Waals surface area contributed by atoms with Crippen LogP contribution in [-0.2, 0) is 11.3 Å². The van der Waals surface area contributed by atoms with Crippen LogP contribution < -0.4 is 10.7 Å². The molecule has 0 aliphatic rings. The number of thiazole rings is 1. The summed E-state index contributed by atoms with van der Waals surface area (Å²) in [5.41, 5.74) is 3.89. The summed E-state index contributed by atoms with van der Waals surface area (Å²) in [5.74, 6) is -1.10. The van der Waals surface area contributed by atoms with Crippen LogP contribution in [-0.4, -0.2) is 20.7 Å². The first-order valence-electron chi connectivity index (χ1n) is 9.48. The van der Waals surface area contributed by atoms with Gasteiger partial charge in [0.25, 0.3) is 0 Å². The number of carbonyl (C=O) groups is 1. The fourth-order valence-electron chi connectivity index (χ4n) is 3.13. The Morgan fingerprint density at radius 1 is 1.19 bits per heavy atom. The van der Waals surface area contributed by atoms with Crippen LogP contribution in [0.2, 0.25) is 0 Å². The SMILES string of the molecule is CC(=O)N(c1nc(Cn2nc(-c3ccc(F)cc3)oc2=O)cs1)c1cccc(C)c1C. The number of nitrogens with zero attached hydrogens (tertiary/aromatic N) is 4. The molecule has 2 aromatic heterocycles. The quantitative estimate of drug-likeness (QED) is 0.460. The molecule has 0 spiro atoms. The summed E-state index contributed by atoms with van der Waals surface area (Å²) in [6, 6.07) is 11.3. The van der Waals surface area contributed by atoms with Crippen LogP contribution in [0.15, 0.2) is 57.1 Å². The van der Waals surface area contributed by atoms with Gasteiger partial charge in [-0.15, -0.1) is 16.4 Å². The van der Waals surface area contributed by atoms with Gasteiger partial charge in [0.2, 0.25) is 11.8 Å². The molecule has 0 unspecified atom stereocenters. The van der Waals surface area contributed by atoms with E-state index in [-0.39, 0.29) is 24.2 Å². The highest BCUT2D eigenvalue weighted by atomic mass is 32.1. The lowest BCUT2D eigenvalue weighted by atomic mass is 10.1. The molecule has 4 aromatic rings. The highest BCUT2D eigenvalue weighted by molar-refractivity contribution is 7.14. The molecule has 0 saturated heterocycles. The summed E-state index contributed by atoms with van der Waals surface area (Å²) in [5, 5.41) is 6.46. The zero-order chi connectivity index (χ0) is 22.1. The van der Waals surface area contributed by atoms with Crippen LogP contribution in [0, 0.1) is 19.7 Å². The highest BCUT2D eigenvalue weighted by Crippen LogP contribution is 2.32. The Hall–Kier alpha value is -3.59. The van der Waals surface area contributed by atoms with Gasteiger partial charge in [-0.05, 0) is 55.3 Å². The van der Waals surface area contributed by atoms with E-state index < -0.39 is 5.76 Å². The third kappa shape index (κ3) is 4.17.